The minimum absolute atomic E-state index is 0.0277. The van der Waals surface area contributed by atoms with Crippen molar-refractivity contribution < 1.29 is 4.79 Å². The van der Waals surface area contributed by atoms with Crippen LogP contribution in [0.1, 0.15) is 38.3 Å². The van der Waals surface area contributed by atoms with Crippen LogP contribution in [0.3, 0.4) is 0 Å². The molecule has 0 aromatic heterocycles. The summed E-state index contributed by atoms with van der Waals surface area (Å²) in [5, 5.41) is 3.72. The van der Waals surface area contributed by atoms with Gasteiger partial charge in [-0.1, -0.05) is 36.7 Å². The van der Waals surface area contributed by atoms with E-state index in [4.69, 9.17) is 17.3 Å². The van der Waals surface area contributed by atoms with Crippen LogP contribution < -0.4 is 11.1 Å². The number of piperidine rings is 1. The standard InChI is InChI=1S/C17H26ClN3O/c1-12-6-5-9-21(16(12)10-19)11-17(22)20-13(2)14-7-3-4-8-15(14)18/h3-4,7-8,12-13,16H,5-6,9-11,19H2,1-2H3,(H,20,22). The van der Waals surface area contributed by atoms with Crippen molar-refractivity contribution in [2.24, 2.45) is 11.7 Å². The average Bonchev–Trinajstić information content (AvgIpc) is 2.47. The lowest BCUT2D eigenvalue weighted by Crippen LogP contribution is -2.52. The van der Waals surface area contributed by atoms with Gasteiger partial charge in [0.2, 0.25) is 5.91 Å². The SMILES string of the molecule is CC(NC(=O)CN1CCCC(C)C1CN)c1ccccc1Cl. The lowest BCUT2D eigenvalue weighted by Gasteiger charge is -2.39. The van der Waals surface area contributed by atoms with Gasteiger partial charge in [-0.3, -0.25) is 9.69 Å². The summed E-state index contributed by atoms with van der Waals surface area (Å²) in [7, 11) is 0. The quantitative estimate of drug-likeness (QED) is 0.875. The van der Waals surface area contributed by atoms with Crippen LogP contribution in [0.4, 0.5) is 0 Å². The van der Waals surface area contributed by atoms with Gasteiger partial charge in [-0.2, -0.15) is 0 Å². The molecule has 3 atom stereocenters. The van der Waals surface area contributed by atoms with E-state index >= 15 is 0 Å². The average molecular weight is 324 g/mol. The van der Waals surface area contributed by atoms with Gasteiger partial charge in [-0.25, -0.2) is 0 Å². The number of halogens is 1. The smallest absolute Gasteiger partial charge is 0.234 e. The Labute approximate surface area is 138 Å². The molecule has 1 saturated heterocycles. The van der Waals surface area contributed by atoms with E-state index in [1.54, 1.807) is 0 Å². The van der Waals surface area contributed by atoms with E-state index in [-0.39, 0.29) is 11.9 Å². The number of nitrogens with two attached hydrogens (primary N) is 1. The Morgan fingerprint density at radius 3 is 2.91 bits per heavy atom. The largest absolute Gasteiger partial charge is 0.348 e. The van der Waals surface area contributed by atoms with E-state index in [0.29, 0.717) is 30.1 Å². The zero-order valence-corrected chi connectivity index (χ0v) is 14.1. The molecule has 1 fully saturated rings. The number of nitrogens with one attached hydrogen (secondary N) is 1. The zero-order chi connectivity index (χ0) is 16.1. The molecule has 0 saturated carbocycles. The molecule has 3 unspecified atom stereocenters. The van der Waals surface area contributed by atoms with Crippen LogP contribution in [0.2, 0.25) is 5.02 Å². The number of amides is 1. The molecule has 22 heavy (non-hydrogen) atoms. The van der Waals surface area contributed by atoms with Gasteiger partial charge in [0.05, 0.1) is 12.6 Å². The number of nitrogens with zero attached hydrogens (tertiary/aromatic N) is 1. The van der Waals surface area contributed by atoms with Crippen molar-refractivity contribution in [2.45, 2.75) is 38.8 Å². The molecule has 1 amide bonds. The Bertz CT molecular complexity index is 508. The minimum atomic E-state index is -0.0975. The Hall–Kier alpha value is -1.10. The lowest BCUT2D eigenvalue weighted by molar-refractivity contribution is -0.124. The van der Waals surface area contributed by atoms with Crippen LogP contribution in [-0.2, 0) is 4.79 Å². The first kappa shape index (κ1) is 17.3. The monoisotopic (exact) mass is 323 g/mol. The fraction of sp³-hybridized carbons (Fsp3) is 0.588. The van der Waals surface area contributed by atoms with Crippen molar-refractivity contribution in [2.75, 3.05) is 19.6 Å². The Balaban J connectivity index is 1.93. The number of carbonyl (C=O) groups is 1. The van der Waals surface area contributed by atoms with Crippen molar-refractivity contribution in [1.29, 1.82) is 0 Å². The molecular formula is C17H26ClN3O. The maximum atomic E-state index is 12.3. The number of carbonyl (C=O) groups excluding carboxylic acids is 1. The van der Waals surface area contributed by atoms with Gasteiger partial charge in [0.25, 0.3) is 0 Å². The molecule has 1 aliphatic heterocycles. The molecule has 1 aromatic rings. The van der Waals surface area contributed by atoms with Gasteiger partial charge < -0.3 is 11.1 Å². The summed E-state index contributed by atoms with van der Waals surface area (Å²) in [6, 6.07) is 7.81. The van der Waals surface area contributed by atoms with Crippen molar-refractivity contribution in [3.05, 3.63) is 34.9 Å². The first-order valence-electron chi connectivity index (χ1n) is 8.00. The van der Waals surface area contributed by atoms with Crippen LogP contribution in [0, 0.1) is 5.92 Å². The summed E-state index contributed by atoms with van der Waals surface area (Å²) >= 11 is 6.18. The van der Waals surface area contributed by atoms with Crippen molar-refractivity contribution in [3.8, 4) is 0 Å². The Morgan fingerprint density at radius 2 is 2.23 bits per heavy atom. The normalized spacial score (nSPS) is 24.0. The highest BCUT2D eigenvalue weighted by Gasteiger charge is 2.28. The van der Waals surface area contributed by atoms with Crippen molar-refractivity contribution in [3.63, 3.8) is 0 Å². The molecular weight excluding hydrogens is 298 g/mol. The zero-order valence-electron chi connectivity index (χ0n) is 13.4. The van der Waals surface area contributed by atoms with Crippen LogP contribution in [0.25, 0.3) is 0 Å². The summed E-state index contributed by atoms with van der Waals surface area (Å²) in [6.07, 6.45) is 2.32. The molecule has 1 aromatic carbocycles. The molecule has 0 aliphatic carbocycles. The fourth-order valence-corrected chi connectivity index (χ4v) is 3.59. The Morgan fingerprint density at radius 1 is 1.50 bits per heavy atom. The van der Waals surface area contributed by atoms with Gasteiger partial charge >= 0.3 is 0 Å². The van der Waals surface area contributed by atoms with Crippen molar-refractivity contribution in [1.82, 2.24) is 10.2 Å². The molecule has 5 heteroatoms. The third-order valence-corrected chi connectivity index (χ3v) is 4.91. The van der Waals surface area contributed by atoms with Crippen molar-refractivity contribution >= 4 is 17.5 Å². The molecule has 0 spiro atoms. The topological polar surface area (TPSA) is 58.4 Å². The molecule has 3 N–H and O–H groups in total. The molecule has 1 aliphatic rings. The lowest BCUT2D eigenvalue weighted by atomic mass is 9.91. The van der Waals surface area contributed by atoms with Crippen LogP contribution >= 0.6 is 11.6 Å². The number of hydrogen-bond acceptors (Lipinski definition) is 3. The summed E-state index contributed by atoms with van der Waals surface area (Å²) in [5.74, 6) is 0.576. The van der Waals surface area contributed by atoms with Gasteiger partial charge in [-0.15, -0.1) is 0 Å². The Kier molecular flexibility index (Phi) is 6.24. The fourth-order valence-electron chi connectivity index (χ4n) is 3.29. The second kappa shape index (κ2) is 7.95. The van der Waals surface area contributed by atoms with E-state index in [1.807, 2.05) is 31.2 Å². The van der Waals surface area contributed by atoms with Crippen LogP contribution in [-0.4, -0.2) is 36.5 Å². The minimum Gasteiger partial charge on any atom is -0.348 e. The summed E-state index contributed by atoms with van der Waals surface area (Å²) in [5.41, 5.74) is 6.83. The maximum absolute atomic E-state index is 12.3. The molecule has 2 rings (SSSR count). The first-order valence-corrected chi connectivity index (χ1v) is 8.38. The van der Waals surface area contributed by atoms with Gasteiger partial charge in [0, 0.05) is 17.6 Å². The second-order valence-corrected chi connectivity index (χ2v) is 6.61. The molecule has 4 nitrogen and oxygen atoms in total. The van der Waals surface area contributed by atoms with E-state index in [0.717, 1.165) is 18.5 Å². The van der Waals surface area contributed by atoms with E-state index in [9.17, 15) is 4.79 Å². The predicted molar refractivity (Wildman–Crippen MR) is 90.8 cm³/mol. The highest BCUT2D eigenvalue weighted by Crippen LogP contribution is 2.24. The highest BCUT2D eigenvalue weighted by atomic mass is 35.5. The number of rotatable bonds is 5. The van der Waals surface area contributed by atoms with E-state index < -0.39 is 0 Å². The van der Waals surface area contributed by atoms with Gasteiger partial charge in [0.1, 0.15) is 0 Å². The van der Waals surface area contributed by atoms with Crippen LogP contribution in [0.5, 0.6) is 0 Å². The second-order valence-electron chi connectivity index (χ2n) is 6.20. The molecule has 1 heterocycles. The highest BCUT2D eigenvalue weighted by molar-refractivity contribution is 6.31. The molecule has 0 bridgehead atoms. The summed E-state index contributed by atoms with van der Waals surface area (Å²) in [6.45, 7) is 6.13. The van der Waals surface area contributed by atoms with Gasteiger partial charge in [0.15, 0.2) is 0 Å². The number of benzene rings is 1. The van der Waals surface area contributed by atoms with Gasteiger partial charge in [-0.05, 0) is 43.9 Å². The maximum Gasteiger partial charge on any atom is 0.234 e. The summed E-state index contributed by atoms with van der Waals surface area (Å²) < 4.78 is 0. The predicted octanol–water partition coefficient (Wildman–Crippen LogP) is 2.58. The molecule has 0 radical (unpaired) electrons. The van der Waals surface area contributed by atoms with E-state index in [2.05, 4.69) is 17.1 Å². The van der Waals surface area contributed by atoms with Crippen LogP contribution in [0.15, 0.2) is 24.3 Å². The third-order valence-electron chi connectivity index (χ3n) is 4.57. The first-order chi connectivity index (χ1) is 10.5. The summed E-state index contributed by atoms with van der Waals surface area (Å²) in [4.78, 5) is 14.5. The molecule has 122 valence electrons. The number of hydrogen-bond donors (Lipinski definition) is 2. The number of likely N-dealkylation sites (tertiary alicyclic amines) is 1. The van der Waals surface area contributed by atoms with E-state index in [1.165, 1.54) is 6.42 Å². The third kappa shape index (κ3) is 4.22.